The number of sulfone groups is 1. The van der Waals surface area contributed by atoms with Crippen LogP contribution in [0, 0.1) is 0 Å². The zero-order valence-corrected chi connectivity index (χ0v) is 10.6. The number of thioether (sulfide) groups is 1. The summed E-state index contributed by atoms with van der Waals surface area (Å²) < 4.78 is 26.6. The first-order valence-corrected chi connectivity index (χ1v) is 7.62. The first-order valence-electron chi connectivity index (χ1n) is 4.41. The smallest absolute Gasteiger partial charge is 0.148 e. The van der Waals surface area contributed by atoms with Crippen LogP contribution in [0.5, 0.6) is 0 Å². The van der Waals surface area contributed by atoms with Crippen molar-refractivity contribution in [3.05, 3.63) is 0 Å². The molecule has 0 spiro atoms. The molecule has 0 saturated heterocycles. The molecule has 0 heterocycles. The molecule has 0 aromatic rings. The predicted octanol–water partition coefficient (Wildman–Crippen LogP) is -0.00140. The van der Waals surface area contributed by atoms with E-state index < -0.39 is 9.84 Å². The molecule has 4 nitrogen and oxygen atoms in total. The Morgan fingerprint density at radius 2 is 2.14 bits per heavy atom. The predicted molar refractivity (Wildman–Crippen MR) is 61.8 cm³/mol. The number of hydrogen-bond acceptors (Lipinski definition) is 5. The van der Waals surface area contributed by atoms with Gasteiger partial charge in [0.2, 0.25) is 0 Å². The van der Waals surface area contributed by atoms with Crippen molar-refractivity contribution in [1.29, 1.82) is 0 Å². The van der Waals surface area contributed by atoms with Crippen LogP contribution in [0.15, 0.2) is 0 Å². The Morgan fingerprint density at radius 3 is 2.57 bits per heavy atom. The molecule has 0 aliphatic carbocycles. The minimum atomic E-state index is -2.81. The number of methoxy groups -OCH3 is 1. The monoisotopic (exact) mass is 241 g/mol. The number of hydrogen-bond donors (Lipinski definition) is 1. The second kappa shape index (κ2) is 7.50. The third kappa shape index (κ3) is 8.80. The molecule has 0 radical (unpaired) electrons. The van der Waals surface area contributed by atoms with E-state index in [0.717, 1.165) is 5.75 Å². The van der Waals surface area contributed by atoms with Crippen LogP contribution in [-0.4, -0.2) is 58.7 Å². The van der Waals surface area contributed by atoms with E-state index in [0.29, 0.717) is 18.4 Å². The van der Waals surface area contributed by atoms with Crippen molar-refractivity contribution in [2.24, 2.45) is 0 Å². The van der Waals surface area contributed by atoms with Gasteiger partial charge in [0.1, 0.15) is 9.84 Å². The van der Waals surface area contributed by atoms with Gasteiger partial charge in [-0.1, -0.05) is 0 Å². The van der Waals surface area contributed by atoms with Crippen molar-refractivity contribution in [3.8, 4) is 0 Å². The van der Waals surface area contributed by atoms with Crippen molar-refractivity contribution in [2.75, 3.05) is 44.3 Å². The lowest BCUT2D eigenvalue weighted by molar-refractivity contribution is 0.177. The van der Waals surface area contributed by atoms with E-state index in [2.05, 4.69) is 5.32 Å². The van der Waals surface area contributed by atoms with Crippen LogP contribution in [-0.2, 0) is 14.6 Å². The molecule has 0 amide bonds. The zero-order chi connectivity index (χ0) is 11.0. The first-order chi connectivity index (χ1) is 6.49. The fraction of sp³-hybridized carbons (Fsp3) is 1.00. The maximum atomic E-state index is 10.8. The molecule has 1 atom stereocenters. The average Bonchev–Trinajstić information content (AvgIpc) is 2.08. The summed E-state index contributed by atoms with van der Waals surface area (Å²) in [5.74, 6) is 1.78. The van der Waals surface area contributed by atoms with Crippen molar-refractivity contribution in [3.63, 3.8) is 0 Å². The highest BCUT2D eigenvalue weighted by molar-refractivity contribution is 8.00. The standard InChI is InChI=1S/C8H19NO3S2/c1-9-8(6-12-2)7-13-4-5-14(3,10)11/h8-9H,4-7H2,1-3H3. The summed E-state index contributed by atoms with van der Waals surface area (Å²) in [5, 5.41) is 3.11. The lowest BCUT2D eigenvalue weighted by Crippen LogP contribution is -2.32. The van der Waals surface area contributed by atoms with Gasteiger partial charge in [0.05, 0.1) is 12.4 Å². The molecule has 0 aliphatic heterocycles. The van der Waals surface area contributed by atoms with Gasteiger partial charge in [-0.25, -0.2) is 8.42 Å². The van der Waals surface area contributed by atoms with E-state index in [9.17, 15) is 8.42 Å². The van der Waals surface area contributed by atoms with Gasteiger partial charge in [0.25, 0.3) is 0 Å². The van der Waals surface area contributed by atoms with E-state index in [1.165, 1.54) is 6.26 Å². The summed E-state index contributed by atoms with van der Waals surface area (Å²) in [7, 11) is 0.720. The van der Waals surface area contributed by atoms with Gasteiger partial charge in [-0.05, 0) is 7.05 Å². The third-order valence-corrected chi connectivity index (χ3v) is 4.03. The van der Waals surface area contributed by atoms with Gasteiger partial charge in [-0.2, -0.15) is 11.8 Å². The Balaban J connectivity index is 3.52. The Morgan fingerprint density at radius 1 is 1.50 bits per heavy atom. The number of rotatable bonds is 8. The van der Waals surface area contributed by atoms with Gasteiger partial charge < -0.3 is 10.1 Å². The van der Waals surface area contributed by atoms with E-state index in [4.69, 9.17) is 4.74 Å². The molecule has 1 unspecified atom stereocenters. The summed E-state index contributed by atoms with van der Waals surface area (Å²) >= 11 is 1.63. The molecule has 14 heavy (non-hydrogen) atoms. The first kappa shape index (κ1) is 14.2. The third-order valence-electron chi connectivity index (χ3n) is 1.69. The second-order valence-corrected chi connectivity index (χ2v) is 6.56. The Kier molecular flexibility index (Phi) is 7.62. The van der Waals surface area contributed by atoms with Crippen LogP contribution in [0.3, 0.4) is 0 Å². The molecule has 0 aromatic carbocycles. The van der Waals surface area contributed by atoms with Gasteiger partial charge in [-0.15, -0.1) is 0 Å². The van der Waals surface area contributed by atoms with Crippen molar-refractivity contribution >= 4 is 21.6 Å². The van der Waals surface area contributed by atoms with Crippen molar-refractivity contribution < 1.29 is 13.2 Å². The molecular formula is C8H19NO3S2. The molecule has 1 N–H and O–H groups in total. The molecule has 86 valence electrons. The van der Waals surface area contributed by atoms with E-state index in [1.807, 2.05) is 7.05 Å². The molecular weight excluding hydrogens is 222 g/mol. The van der Waals surface area contributed by atoms with Gasteiger partial charge >= 0.3 is 0 Å². The zero-order valence-electron chi connectivity index (χ0n) is 8.95. The Labute approximate surface area is 90.7 Å². The van der Waals surface area contributed by atoms with E-state index in [1.54, 1.807) is 18.9 Å². The van der Waals surface area contributed by atoms with E-state index in [-0.39, 0.29) is 5.75 Å². The number of likely N-dealkylation sites (N-methyl/N-ethyl adjacent to an activating group) is 1. The highest BCUT2D eigenvalue weighted by Crippen LogP contribution is 2.04. The fourth-order valence-corrected chi connectivity index (χ4v) is 3.25. The summed E-state index contributed by atoms with van der Waals surface area (Å²) in [6.07, 6.45) is 1.26. The van der Waals surface area contributed by atoms with Crippen LogP contribution < -0.4 is 5.32 Å². The lowest BCUT2D eigenvalue weighted by Gasteiger charge is -2.13. The second-order valence-electron chi connectivity index (χ2n) is 3.15. The molecule has 0 aromatic heterocycles. The SMILES string of the molecule is CNC(COC)CSCCS(C)(=O)=O. The maximum absolute atomic E-state index is 10.8. The molecule has 0 saturated carbocycles. The minimum absolute atomic E-state index is 0.251. The quantitative estimate of drug-likeness (QED) is 0.606. The minimum Gasteiger partial charge on any atom is -0.383 e. The largest absolute Gasteiger partial charge is 0.383 e. The number of ether oxygens (including phenoxy) is 1. The topological polar surface area (TPSA) is 55.4 Å². The van der Waals surface area contributed by atoms with Crippen molar-refractivity contribution in [1.82, 2.24) is 5.32 Å². The maximum Gasteiger partial charge on any atom is 0.148 e. The van der Waals surface area contributed by atoms with Crippen LogP contribution in [0.2, 0.25) is 0 Å². The summed E-state index contributed by atoms with van der Waals surface area (Å²) in [5.41, 5.74) is 0. The van der Waals surface area contributed by atoms with Gasteiger partial charge in [-0.3, -0.25) is 0 Å². The van der Waals surface area contributed by atoms with Crippen molar-refractivity contribution in [2.45, 2.75) is 6.04 Å². The highest BCUT2D eigenvalue weighted by Gasteiger charge is 2.06. The Bertz CT molecular complexity index is 229. The van der Waals surface area contributed by atoms with Crippen LogP contribution >= 0.6 is 11.8 Å². The normalized spacial score (nSPS) is 14.2. The number of nitrogens with one attached hydrogen (secondary N) is 1. The highest BCUT2D eigenvalue weighted by atomic mass is 32.2. The molecule has 0 bridgehead atoms. The summed E-state index contributed by atoms with van der Waals surface area (Å²) in [6.45, 7) is 0.655. The average molecular weight is 241 g/mol. The summed E-state index contributed by atoms with van der Waals surface area (Å²) in [6, 6.07) is 0.296. The van der Waals surface area contributed by atoms with Gasteiger partial charge in [0.15, 0.2) is 0 Å². The van der Waals surface area contributed by atoms with Crippen LogP contribution in [0.25, 0.3) is 0 Å². The molecule has 0 rings (SSSR count). The lowest BCUT2D eigenvalue weighted by atomic mass is 10.4. The van der Waals surface area contributed by atoms with Crippen LogP contribution in [0.1, 0.15) is 0 Å². The fourth-order valence-electron chi connectivity index (χ4n) is 0.852. The van der Waals surface area contributed by atoms with Crippen LogP contribution in [0.4, 0.5) is 0 Å². The molecule has 0 fully saturated rings. The van der Waals surface area contributed by atoms with E-state index >= 15 is 0 Å². The summed E-state index contributed by atoms with van der Waals surface area (Å²) in [4.78, 5) is 0. The van der Waals surface area contributed by atoms with Gasteiger partial charge in [0, 0.05) is 30.9 Å². The molecule has 0 aliphatic rings. The molecule has 6 heteroatoms. The Hall–Kier alpha value is 0.220.